The third kappa shape index (κ3) is 4.20. The van der Waals surface area contributed by atoms with Crippen molar-refractivity contribution in [2.45, 2.75) is 55.6 Å². The van der Waals surface area contributed by atoms with Crippen LogP contribution in [0.4, 0.5) is 5.69 Å². The van der Waals surface area contributed by atoms with Gasteiger partial charge in [-0.1, -0.05) is 23.8 Å². The average molecular weight is 400 g/mol. The summed E-state index contributed by atoms with van der Waals surface area (Å²) in [5, 5.41) is 6.63. The number of rotatable bonds is 5. The first-order valence-corrected chi connectivity index (χ1v) is 11.1. The van der Waals surface area contributed by atoms with Gasteiger partial charge in [0.2, 0.25) is 0 Å². The van der Waals surface area contributed by atoms with Crippen molar-refractivity contribution in [1.29, 1.82) is 0 Å². The predicted molar refractivity (Wildman–Crippen MR) is 109 cm³/mol. The molecule has 3 N–H and O–H groups in total. The number of amides is 1. The lowest BCUT2D eigenvalue weighted by atomic mass is 9.99. The minimum Gasteiger partial charge on any atom is -0.349 e. The van der Waals surface area contributed by atoms with Crippen molar-refractivity contribution in [3.05, 3.63) is 59.7 Å². The number of piperidine rings is 1. The molecule has 2 heterocycles. The molecule has 0 saturated carbocycles. The van der Waals surface area contributed by atoms with Crippen LogP contribution >= 0.6 is 0 Å². The molecule has 28 heavy (non-hydrogen) atoms. The van der Waals surface area contributed by atoms with Gasteiger partial charge in [-0.2, -0.15) is 0 Å². The lowest BCUT2D eigenvalue weighted by molar-refractivity contribution is 0.0923. The van der Waals surface area contributed by atoms with Crippen LogP contribution in [0, 0.1) is 6.92 Å². The lowest BCUT2D eigenvalue weighted by Gasteiger charge is -2.29. The molecule has 2 saturated heterocycles. The van der Waals surface area contributed by atoms with E-state index in [4.69, 9.17) is 0 Å². The highest BCUT2D eigenvalue weighted by molar-refractivity contribution is 7.92. The van der Waals surface area contributed by atoms with Gasteiger partial charge >= 0.3 is 0 Å². The molecule has 2 fully saturated rings. The number of fused-ring (bicyclic) bond motifs is 2. The quantitative estimate of drug-likeness (QED) is 0.722. The molecule has 0 aliphatic carbocycles. The van der Waals surface area contributed by atoms with Crippen molar-refractivity contribution in [2.24, 2.45) is 0 Å². The molecule has 2 atom stereocenters. The molecule has 2 aromatic carbocycles. The minimum atomic E-state index is -3.76. The number of carbonyl (C=O) groups is 1. The van der Waals surface area contributed by atoms with Gasteiger partial charge in [-0.25, -0.2) is 8.42 Å². The number of hydrogen-bond donors (Lipinski definition) is 3. The van der Waals surface area contributed by atoms with Crippen molar-refractivity contribution >= 4 is 21.6 Å². The van der Waals surface area contributed by atoms with Gasteiger partial charge in [0, 0.05) is 29.4 Å². The Labute approximate surface area is 165 Å². The topological polar surface area (TPSA) is 87.3 Å². The first-order valence-electron chi connectivity index (χ1n) is 9.65. The standard InChI is InChI=1S/C21H25N3O3S/c1-14-5-7-16(8-6-14)24-28(26,27)20-4-2-3-15(11-20)21(25)23-19-12-17-9-10-18(13-19)22-17/h2-8,11,17-19,22,24H,9-10,12-13H2,1H3,(H,23,25). The molecule has 2 aliphatic heterocycles. The van der Waals surface area contributed by atoms with Crippen LogP contribution in [-0.2, 0) is 10.0 Å². The molecule has 2 unspecified atom stereocenters. The third-order valence-corrected chi connectivity index (χ3v) is 6.90. The Morgan fingerprint density at radius 2 is 1.71 bits per heavy atom. The Bertz CT molecular complexity index is 961. The SMILES string of the molecule is Cc1ccc(NS(=O)(=O)c2cccc(C(=O)NC3CC4CCC(C3)N4)c2)cc1. The molecule has 148 valence electrons. The Morgan fingerprint density at radius 1 is 1.04 bits per heavy atom. The second-order valence-electron chi connectivity index (χ2n) is 7.78. The largest absolute Gasteiger partial charge is 0.349 e. The molecule has 0 radical (unpaired) electrons. The third-order valence-electron chi connectivity index (χ3n) is 5.52. The Hall–Kier alpha value is -2.38. The van der Waals surface area contributed by atoms with Gasteiger partial charge in [0.1, 0.15) is 0 Å². The summed E-state index contributed by atoms with van der Waals surface area (Å²) >= 11 is 0. The molecule has 6 nitrogen and oxygen atoms in total. The van der Waals surface area contributed by atoms with Crippen LogP contribution in [0.1, 0.15) is 41.6 Å². The first kappa shape index (κ1) is 19.0. The van der Waals surface area contributed by atoms with Gasteiger partial charge in [-0.15, -0.1) is 0 Å². The van der Waals surface area contributed by atoms with E-state index in [0.717, 1.165) is 31.2 Å². The minimum absolute atomic E-state index is 0.0751. The zero-order chi connectivity index (χ0) is 19.7. The molecule has 0 spiro atoms. The number of benzene rings is 2. The Balaban J connectivity index is 1.47. The van der Waals surface area contributed by atoms with Gasteiger partial charge in [0.25, 0.3) is 15.9 Å². The lowest BCUT2D eigenvalue weighted by Crippen LogP contribution is -2.48. The number of anilines is 1. The Kier molecular flexibility index (Phi) is 5.12. The summed E-state index contributed by atoms with van der Waals surface area (Å²) in [7, 11) is -3.76. The smallest absolute Gasteiger partial charge is 0.261 e. The van der Waals surface area contributed by atoms with Crippen LogP contribution in [0.5, 0.6) is 0 Å². The molecule has 4 rings (SSSR count). The average Bonchev–Trinajstić information content (AvgIpc) is 3.02. The van der Waals surface area contributed by atoms with E-state index in [1.54, 1.807) is 24.3 Å². The van der Waals surface area contributed by atoms with E-state index in [1.165, 1.54) is 12.1 Å². The van der Waals surface area contributed by atoms with Gasteiger partial charge < -0.3 is 10.6 Å². The van der Waals surface area contributed by atoms with Crippen molar-refractivity contribution < 1.29 is 13.2 Å². The van der Waals surface area contributed by atoms with Crippen LogP contribution in [-0.4, -0.2) is 32.5 Å². The maximum Gasteiger partial charge on any atom is 0.261 e. The zero-order valence-electron chi connectivity index (χ0n) is 15.8. The number of nitrogens with one attached hydrogen (secondary N) is 3. The maximum absolute atomic E-state index is 12.7. The van der Waals surface area contributed by atoms with E-state index in [1.807, 2.05) is 19.1 Å². The van der Waals surface area contributed by atoms with E-state index < -0.39 is 10.0 Å². The van der Waals surface area contributed by atoms with E-state index in [-0.39, 0.29) is 16.8 Å². The van der Waals surface area contributed by atoms with Crippen LogP contribution in [0.15, 0.2) is 53.4 Å². The predicted octanol–water partition coefficient (Wildman–Crippen LogP) is 2.81. The first-order chi connectivity index (χ1) is 13.4. The van der Waals surface area contributed by atoms with Crippen molar-refractivity contribution in [3.63, 3.8) is 0 Å². The molecule has 2 aromatic rings. The molecule has 1 amide bonds. The number of sulfonamides is 1. The van der Waals surface area contributed by atoms with Crippen LogP contribution in [0.3, 0.4) is 0 Å². The molecular weight excluding hydrogens is 374 g/mol. The van der Waals surface area contributed by atoms with Crippen molar-refractivity contribution in [2.75, 3.05) is 4.72 Å². The summed E-state index contributed by atoms with van der Waals surface area (Å²) in [5.41, 5.74) is 1.90. The highest BCUT2D eigenvalue weighted by Crippen LogP contribution is 2.27. The van der Waals surface area contributed by atoms with Crippen molar-refractivity contribution in [3.8, 4) is 0 Å². The summed E-state index contributed by atoms with van der Waals surface area (Å²) in [6.07, 6.45) is 4.18. The van der Waals surface area contributed by atoms with Crippen LogP contribution in [0.2, 0.25) is 0 Å². The number of carbonyl (C=O) groups excluding carboxylic acids is 1. The fourth-order valence-electron chi connectivity index (χ4n) is 4.08. The molecular formula is C21H25N3O3S. The maximum atomic E-state index is 12.7. The molecule has 7 heteroatoms. The molecule has 2 aliphatic rings. The second kappa shape index (κ2) is 7.56. The number of hydrogen-bond acceptors (Lipinski definition) is 4. The summed E-state index contributed by atoms with van der Waals surface area (Å²) in [5.74, 6) is -0.223. The van der Waals surface area contributed by atoms with Crippen LogP contribution < -0.4 is 15.4 Å². The fourth-order valence-corrected chi connectivity index (χ4v) is 5.19. The second-order valence-corrected chi connectivity index (χ2v) is 9.46. The summed E-state index contributed by atoms with van der Waals surface area (Å²) in [6, 6.07) is 14.4. The molecule has 0 aromatic heterocycles. The zero-order valence-corrected chi connectivity index (χ0v) is 16.6. The van der Waals surface area contributed by atoms with Gasteiger partial charge in [-0.3, -0.25) is 9.52 Å². The number of aryl methyl sites for hydroxylation is 1. The summed E-state index contributed by atoms with van der Waals surface area (Å²) < 4.78 is 28.0. The van der Waals surface area contributed by atoms with E-state index >= 15 is 0 Å². The summed E-state index contributed by atoms with van der Waals surface area (Å²) in [4.78, 5) is 12.7. The molecule has 2 bridgehead atoms. The van der Waals surface area contributed by atoms with Gasteiger partial charge in [-0.05, 0) is 62.9 Å². The Morgan fingerprint density at radius 3 is 2.39 bits per heavy atom. The van der Waals surface area contributed by atoms with E-state index in [9.17, 15) is 13.2 Å². The van der Waals surface area contributed by atoms with Gasteiger partial charge in [0.15, 0.2) is 0 Å². The van der Waals surface area contributed by atoms with E-state index in [0.29, 0.717) is 23.3 Å². The normalized spacial score (nSPS) is 24.0. The van der Waals surface area contributed by atoms with Crippen molar-refractivity contribution in [1.82, 2.24) is 10.6 Å². The van der Waals surface area contributed by atoms with E-state index in [2.05, 4.69) is 15.4 Å². The fraction of sp³-hybridized carbons (Fsp3) is 0.381. The van der Waals surface area contributed by atoms with Crippen LogP contribution in [0.25, 0.3) is 0 Å². The summed E-state index contributed by atoms with van der Waals surface area (Å²) in [6.45, 7) is 1.94. The highest BCUT2D eigenvalue weighted by atomic mass is 32.2. The highest BCUT2D eigenvalue weighted by Gasteiger charge is 2.34. The monoisotopic (exact) mass is 399 g/mol. The van der Waals surface area contributed by atoms with Gasteiger partial charge in [0.05, 0.1) is 4.90 Å².